The first-order valence-electron chi connectivity index (χ1n) is 17.1. The van der Waals surface area contributed by atoms with Crippen molar-refractivity contribution in [1.82, 2.24) is 25.2 Å². The minimum absolute atomic E-state index is 0.0302. The van der Waals surface area contributed by atoms with Crippen molar-refractivity contribution in [2.45, 2.75) is 93.3 Å². The third-order valence-corrected chi connectivity index (χ3v) is 11.8. The van der Waals surface area contributed by atoms with Gasteiger partial charge in [0.2, 0.25) is 28.3 Å². The zero-order valence-electron chi connectivity index (χ0n) is 27.9. The van der Waals surface area contributed by atoms with E-state index in [1.54, 1.807) is 0 Å². The molecule has 51 heavy (non-hydrogen) atoms. The van der Waals surface area contributed by atoms with Crippen LogP contribution in [-0.4, -0.2) is 103 Å². The van der Waals surface area contributed by atoms with Crippen molar-refractivity contribution in [1.29, 1.82) is 0 Å². The molecule has 0 radical (unpaired) electrons. The number of carbonyl (C=O) groups excluding carboxylic acids is 5. The van der Waals surface area contributed by atoms with Crippen LogP contribution in [0.25, 0.3) is 6.08 Å². The summed E-state index contributed by atoms with van der Waals surface area (Å²) in [6.45, 7) is 3.85. The number of fused-ring (bicyclic) bond motifs is 10. The Hall–Kier alpha value is -4.54. The van der Waals surface area contributed by atoms with Crippen LogP contribution in [0.5, 0.6) is 0 Å². The van der Waals surface area contributed by atoms with Gasteiger partial charge in [-0.3, -0.25) is 19.1 Å². The summed E-state index contributed by atoms with van der Waals surface area (Å²) in [6, 6.07) is 2.53. The first-order chi connectivity index (χ1) is 24.3. The molecule has 6 bridgehead atoms. The van der Waals surface area contributed by atoms with Gasteiger partial charge in [-0.2, -0.15) is 0 Å². The van der Waals surface area contributed by atoms with Crippen LogP contribution in [0.15, 0.2) is 36.9 Å². The van der Waals surface area contributed by atoms with E-state index in [1.165, 1.54) is 11.0 Å². The number of carbonyl (C=O) groups is 5. The molecule has 4 heterocycles. The van der Waals surface area contributed by atoms with Gasteiger partial charge >= 0.3 is 12.2 Å². The third kappa shape index (κ3) is 8.02. The molecular weight excluding hydrogens is 692 g/mol. The number of allylic oxidation sites excluding steroid dienone is 1. The number of hydrogen-bond donors (Lipinski definition) is 3. The summed E-state index contributed by atoms with van der Waals surface area (Å²) in [5, 5.41) is 4.08. The highest BCUT2D eigenvalue weighted by Gasteiger charge is 2.62. The van der Waals surface area contributed by atoms with E-state index in [2.05, 4.69) is 17.2 Å². The number of benzene rings is 1. The number of ether oxygens (including phenoxy) is 2. The summed E-state index contributed by atoms with van der Waals surface area (Å²) in [5.41, 5.74) is 1.32. The number of alkyl halides is 2. The summed E-state index contributed by atoms with van der Waals surface area (Å²) < 4.78 is 65.6. The van der Waals surface area contributed by atoms with Crippen molar-refractivity contribution in [3.8, 4) is 0 Å². The molecule has 0 unspecified atom stereocenters. The summed E-state index contributed by atoms with van der Waals surface area (Å²) in [4.78, 5) is 69.7. The molecule has 4 aliphatic heterocycles. The molecule has 0 spiro atoms. The largest absolute Gasteiger partial charge is 0.450 e. The highest BCUT2D eigenvalue weighted by Crippen LogP contribution is 2.45. The Morgan fingerprint density at radius 1 is 1.20 bits per heavy atom. The second kappa shape index (κ2) is 14.6. The maximum absolute atomic E-state index is 14.0. The smallest absolute Gasteiger partial charge is 0.410 e. The van der Waals surface area contributed by atoms with E-state index < -0.39 is 87.7 Å². The van der Waals surface area contributed by atoms with Crippen LogP contribution in [0.3, 0.4) is 0 Å². The third-order valence-electron chi connectivity index (χ3n) is 9.97. The molecule has 3 fully saturated rings. The fourth-order valence-corrected chi connectivity index (χ4v) is 8.29. The molecule has 2 saturated carbocycles. The maximum atomic E-state index is 14.0. The molecule has 1 saturated heterocycles. The molecule has 0 aromatic heterocycles. The predicted molar refractivity (Wildman–Crippen MR) is 177 cm³/mol. The number of amides is 5. The zero-order valence-corrected chi connectivity index (χ0v) is 28.7. The molecule has 276 valence electrons. The van der Waals surface area contributed by atoms with Crippen molar-refractivity contribution >= 4 is 46.0 Å². The minimum Gasteiger partial charge on any atom is -0.450 e. The maximum Gasteiger partial charge on any atom is 0.410 e. The van der Waals surface area contributed by atoms with E-state index in [-0.39, 0.29) is 32.5 Å². The van der Waals surface area contributed by atoms with Crippen molar-refractivity contribution in [3.63, 3.8) is 0 Å². The van der Waals surface area contributed by atoms with Crippen LogP contribution in [-0.2, 0) is 46.8 Å². The molecule has 1 aromatic carbocycles. The highest BCUT2D eigenvalue weighted by molar-refractivity contribution is 7.91. The lowest BCUT2D eigenvalue weighted by molar-refractivity contribution is -0.141. The summed E-state index contributed by atoms with van der Waals surface area (Å²) in [7, 11) is -3.97. The monoisotopic (exact) mass is 733 g/mol. The number of sulfonamides is 1. The van der Waals surface area contributed by atoms with Gasteiger partial charge in [0.15, 0.2) is 0 Å². The molecule has 17 heteroatoms. The number of alkyl carbamates (subject to hydrolysis) is 1. The van der Waals surface area contributed by atoms with E-state index in [0.29, 0.717) is 38.6 Å². The van der Waals surface area contributed by atoms with Crippen LogP contribution in [0.2, 0.25) is 0 Å². The van der Waals surface area contributed by atoms with Gasteiger partial charge < -0.3 is 29.9 Å². The number of rotatable bonds is 8. The van der Waals surface area contributed by atoms with Gasteiger partial charge in [0, 0.05) is 31.8 Å². The van der Waals surface area contributed by atoms with Gasteiger partial charge in [0.1, 0.15) is 23.7 Å². The van der Waals surface area contributed by atoms with Crippen LogP contribution < -0.4 is 15.4 Å². The molecule has 1 aromatic rings. The number of nitrogens with zero attached hydrogens (tertiary/aromatic N) is 2. The van der Waals surface area contributed by atoms with Crippen LogP contribution in [0.4, 0.5) is 18.4 Å². The van der Waals surface area contributed by atoms with Crippen molar-refractivity contribution < 1.29 is 50.6 Å². The first kappa shape index (κ1) is 36.3. The van der Waals surface area contributed by atoms with Crippen molar-refractivity contribution in [3.05, 3.63) is 53.6 Å². The normalized spacial score (nSPS) is 28.4. The van der Waals surface area contributed by atoms with Crippen LogP contribution in [0, 0.1) is 5.92 Å². The number of halogens is 2. The fourth-order valence-electron chi connectivity index (χ4n) is 6.92. The quantitative estimate of drug-likeness (QED) is 0.338. The van der Waals surface area contributed by atoms with E-state index in [0.717, 1.165) is 21.6 Å². The molecule has 3 N–H and O–H groups in total. The SMILES string of the molecule is C=C[C@@H]1C[C@]1(NC(=O)[C@@H]1C[C@@H]2CN1C(=O)[C@H](CC(F)F)NC(=O)OCCCC=Cc1cccc3c1CCN(C3)C(=O)O2)C(=O)NS(=O)(=O)C1CC1. The van der Waals surface area contributed by atoms with Gasteiger partial charge in [-0.1, -0.05) is 36.4 Å². The lowest BCUT2D eigenvalue weighted by Crippen LogP contribution is -2.58. The first-order valence-corrected chi connectivity index (χ1v) is 18.6. The van der Waals surface area contributed by atoms with Crippen LogP contribution in [0.1, 0.15) is 61.6 Å². The Morgan fingerprint density at radius 2 is 1.98 bits per heavy atom. The van der Waals surface area contributed by atoms with Gasteiger partial charge in [-0.15, -0.1) is 6.58 Å². The standard InChI is InChI=1S/C34H41F2N5O9S/c1-2-22-17-34(22,31(44)39-51(47,48)24-10-11-24)38-29(42)27-15-23-19-41(27)30(43)26(16-28(35)36)37-32(45)49-14-5-3-4-7-20-8-6-9-21-18-40(33(46)50-23)13-12-25(20)21/h2,4,6-9,22-24,26-28H,1,3,5,10-19H2,(H,37,45)(H,38,42)(H,39,44)/t22-,23-,26+,27+,34-/m1/s1. The number of nitrogens with one attached hydrogen (secondary N) is 3. The molecular formula is C34H41F2N5O9S. The average molecular weight is 734 g/mol. The van der Waals surface area contributed by atoms with Crippen molar-refractivity contribution in [2.24, 2.45) is 5.92 Å². The second-order valence-electron chi connectivity index (χ2n) is 13.6. The topological polar surface area (TPSA) is 181 Å². The van der Waals surface area contributed by atoms with E-state index in [9.17, 15) is 41.2 Å². The Labute approximate surface area is 294 Å². The van der Waals surface area contributed by atoms with Gasteiger partial charge in [0.05, 0.1) is 18.4 Å². The second-order valence-corrected chi connectivity index (χ2v) is 15.6. The molecule has 5 amide bonds. The summed E-state index contributed by atoms with van der Waals surface area (Å²) in [5.74, 6) is -3.53. The molecule has 5 atom stereocenters. The van der Waals surface area contributed by atoms with Gasteiger partial charge in [-0.05, 0) is 55.2 Å². The van der Waals surface area contributed by atoms with E-state index >= 15 is 0 Å². The Bertz CT molecular complexity index is 1740. The molecule has 2 aliphatic carbocycles. The summed E-state index contributed by atoms with van der Waals surface area (Å²) in [6.07, 6.45) is 0.379. The molecule has 7 rings (SSSR count). The van der Waals surface area contributed by atoms with Gasteiger partial charge in [-0.25, -0.2) is 26.8 Å². The van der Waals surface area contributed by atoms with E-state index in [4.69, 9.17) is 9.47 Å². The number of hydrogen-bond acceptors (Lipinski definition) is 9. The fraction of sp³-hybridized carbons (Fsp3) is 0.559. The predicted octanol–water partition coefficient (Wildman–Crippen LogP) is 2.38. The Morgan fingerprint density at radius 3 is 2.69 bits per heavy atom. The highest BCUT2D eigenvalue weighted by atomic mass is 32.2. The zero-order chi connectivity index (χ0) is 36.5. The van der Waals surface area contributed by atoms with E-state index in [1.807, 2.05) is 35.1 Å². The van der Waals surface area contributed by atoms with Gasteiger partial charge in [0.25, 0.3) is 5.91 Å². The lowest BCUT2D eigenvalue weighted by Gasteiger charge is -2.30. The Balaban J connectivity index is 1.26. The average Bonchev–Trinajstić information content (AvgIpc) is 4.01. The molecule has 6 aliphatic rings. The van der Waals surface area contributed by atoms with Crippen molar-refractivity contribution in [2.75, 3.05) is 19.7 Å². The van der Waals surface area contributed by atoms with Crippen LogP contribution >= 0.6 is 0 Å². The lowest BCUT2D eigenvalue weighted by atomic mass is 9.94. The Kier molecular flexibility index (Phi) is 10.4. The molecule has 14 nitrogen and oxygen atoms in total. The minimum atomic E-state index is -3.97. The summed E-state index contributed by atoms with van der Waals surface area (Å²) >= 11 is 0.